The van der Waals surface area contributed by atoms with Crippen molar-refractivity contribution >= 4 is 6.08 Å². The molecule has 0 N–H and O–H groups in total. The number of ether oxygens (including phenoxy) is 2. The van der Waals surface area contributed by atoms with E-state index in [1.54, 1.807) is 0 Å². The van der Waals surface area contributed by atoms with E-state index in [-0.39, 0.29) is 6.29 Å². The minimum atomic E-state index is -0.150. The van der Waals surface area contributed by atoms with Crippen LogP contribution >= 0.6 is 0 Å². The summed E-state index contributed by atoms with van der Waals surface area (Å²) in [4.78, 5) is 0. The Morgan fingerprint density at radius 1 is 0.941 bits per heavy atom. The van der Waals surface area contributed by atoms with Crippen LogP contribution in [0.5, 0.6) is 0 Å². The number of benzene rings is 1. The summed E-state index contributed by atoms with van der Waals surface area (Å²) in [6.07, 6.45) is 9.46. The average molecular weight is 230 g/mol. The Balaban J connectivity index is 1.61. The third kappa shape index (κ3) is 2.59. The molecule has 1 aromatic rings. The van der Waals surface area contributed by atoms with Crippen molar-refractivity contribution in [3.05, 3.63) is 42.0 Å². The van der Waals surface area contributed by atoms with Crippen LogP contribution in [-0.2, 0) is 9.47 Å². The van der Waals surface area contributed by atoms with Crippen molar-refractivity contribution in [3.63, 3.8) is 0 Å². The molecule has 2 atom stereocenters. The topological polar surface area (TPSA) is 18.5 Å². The fourth-order valence-corrected chi connectivity index (χ4v) is 2.60. The van der Waals surface area contributed by atoms with Crippen LogP contribution in [0.15, 0.2) is 36.4 Å². The Kier molecular flexibility index (Phi) is 3.25. The highest BCUT2D eigenvalue weighted by molar-refractivity contribution is 5.49. The van der Waals surface area contributed by atoms with Gasteiger partial charge in [0, 0.05) is 0 Å². The standard InChI is InChI=1S/C15H18O2/c1-2-6-12(7-3-1)10-11-15-16-13-8-4-5-9-14(13)17-15/h1-3,6-7,10-11,13-15H,4-5,8-9H2/b11-10+/t13-,14-/m0/s1. The first-order valence-electron chi connectivity index (χ1n) is 6.46. The molecule has 1 saturated heterocycles. The average Bonchev–Trinajstić information content (AvgIpc) is 2.80. The van der Waals surface area contributed by atoms with Crippen molar-refractivity contribution in [1.82, 2.24) is 0 Å². The van der Waals surface area contributed by atoms with Crippen molar-refractivity contribution in [1.29, 1.82) is 0 Å². The Bertz CT molecular complexity index is 371. The van der Waals surface area contributed by atoms with Gasteiger partial charge < -0.3 is 9.47 Å². The highest BCUT2D eigenvalue weighted by atomic mass is 16.7. The van der Waals surface area contributed by atoms with Gasteiger partial charge in [-0.05, 0) is 24.5 Å². The quantitative estimate of drug-likeness (QED) is 0.775. The molecule has 0 spiro atoms. The van der Waals surface area contributed by atoms with Gasteiger partial charge in [-0.2, -0.15) is 0 Å². The molecular formula is C15H18O2. The third-order valence-corrected chi connectivity index (χ3v) is 3.51. The second kappa shape index (κ2) is 5.03. The van der Waals surface area contributed by atoms with Crippen molar-refractivity contribution in [2.45, 2.75) is 44.2 Å². The summed E-state index contributed by atoms with van der Waals surface area (Å²) in [6.45, 7) is 0. The lowest BCUT2D eigenvalue weighted by Gasteiger charge is -2.21. The van der Waals surface area contributed by atoms with E-state index >= 15 is 0 Å². The molecule has 3 rings (SSSR count). The monoisotopic (exact) mass is 230 g/mol. The molecule has 2 heteroatoms. The van der Waals surface area contributed by atoms with Gasteiger partial charge in [-0.25, -0.2) is 0 Å². The van der Waals surface area contributed by atoms with Crippen molar-refractivity contribution < 1.29 is 9.47 Å². The van der Waals surface area contributed by atoms with E-state index in [0.717, 1.165) is 12.8 Å². The lowest BCUT2D eigenvalue weighted by Crippen LogP contribution is -2.25. The summed E-state index contributed by atoms with van der Waals surface area (Å²) in [6, 6.07) is 10.3. The predicted molar refractivity (Wildman–Crippen MR) is 67.5 cm³/mol. The summed E-state index contributed by atoms with van der Waals surface area (Å²) in [5.41, 5.74) is 1.19. The zero-order valence-electron chi connectivity index (χ0n) is 9.92. The SMILES string of the molecule is C(=C\C1O[C@H]2CCCC[C@@H]2O1)/c1ccccc1. The number of fused-ring (bicyclic) bond motifs is 1. The van der Waals surface area contributed by atoms with E-state index in [1.165, 1.54) is 18.4 Å². The minimum absolute atomic E-state index is 0.150. The first kappa shape index (κ1) is 11.0. The molecule has 2 fully saturated rings. The van der Waals surface area contributed by atoms with Crippen molar-refractivity contribution in [2.24, 2.45) is 0 Å². The van der Waals surface area contributed by atoms with E-state index in [0.29, 0.717) is 12.2 Å². The Labute approximate surface area is 102 Å². The molecule has 1 heterocycles. The third-order valence-electron chi connectivity index (χ3n) is 3.51. The van der Waals surface area contributed by atoms with Gasteiger partial charge in [0.2, 0.25) is 0 Å². The Hall–Kier alpha value is -1.12. The maximum absolute atomic E-state index is 5.88. The zero-order valence-corrected chi connectivity index (χ0v) is 9.92. The minimum Gasteiger partial charge on any atom is -0.343 e. The van der Waals surface area contributed by atoms with Crippen LogP contribution in [0.3, 0.4) is 0 Å². The first-order valence-corrected chi connectivity index (χ1v) is 6.46. The van der Waals surface area contributed by atoms with E-state index in [2.05, 4.69) is 18.2 Å². The van der Waals surface area contributed by atoms with Gasteiger partial charge in [-0.15, -0.1) is 0 Å². The lowest BCUT2D eigenvalue weighted by atomic mass is 9.95. The van der Waals surface area contributed by atoms with E-state index in [1.807, 2.05) is 24.3 Å². The molecule has 1 aliphatic carbocycles. The van der Waals surface area contributed by atoms with Crippen LogP contribution in [0, 0.1) is 0 Å². The van der Waals surface area contributed by atoms with Crippen LogP contribution in [0.1, 0.15) is 31.2 Å². The summed E-state index contributed by atoms with van der Waals surface area (Å²) >= 11 is 0. The van der Waals surface area contributed by atoms with Crippen molar-refractivity contribution in [2.75, 3.05) is 0 Å². The van der Waals surface area contributed by atoms with Crippen LogP contribution in [0.4, 0.5) is 0 Å². The molecule has 0 radical (unpaired) electrons. The molecule has 2 aliphatic rings. The lowest BCUT2D eigenvalue weighted by molar-refractivity contribution is -0.0268. The molecule has 90 valence electrons. The van der Waals surface area contributed by atoms with E-state index in [4.69, 9.17) is 9.47 Å². The van der Waals surface area contributed by atoms with Gasteiger partial charge in [-0.3, -0.25) is 0 Å². The van der Waals surface area contributed by atoms with E-state index in [9.17, 15) is 0 Å². The predicted octanol–water partition coefficient (Wildman–Crippen LogP) is 3.38. The van der Waals surface area contributed by atoms with Crippen LogP contribution < -0.4 is 0 Å². The molecule has 1 saturated carbocycles. The van der Waals surface area contributed by atoms with Gasteiger partial charge in [0.1, 0.15) is 0 Å². The maximum Gasteiger partial charge on any atom is 0.178 e. The Morgan fingerprint density at radius 2 is 1.59 bits per heavy atom. The van der Waals surface area contributed by atoms with Crippen LogP contribution in [-0.4, -0.2) is 18.5 Å². The smallest absolute Gasteiger partial charge is 0.178 e. The number of hydrogen-bond acceptors (Lipinski definition) is 2. The molecule has 17 heavy (non-hydrogen) atoms. The number of hydrogen-bond donors (Lipinski definition) is 0. The molecule has 0 unspecified atom stereocenters. The first-order chi connectivity index (χ1) is 8.42. The van der Waals surface area contributed by atoms with E-state index < -0.39 is 0 Å². The second-order valence-electron chi connectivity index (χ2n) is 4.77. The van der Waals surface area contributed by atoms with Gasteiger partial charge >= 0.3 is 0 Å². The maximum atomic E-state index is 5.88. The van der Waals surface area contributed by atoms with Gasteiger partial charge in [0.05, 0.1) is 12.2 Å². The van der Waals surface area contributed by atoms with Crippen LogP contribution in [0.2, 0.25) is 0 Å². The van der Waals surface area contributed by atoms with Gasteiger partial charge in [0.25, 0.3) is 0 Å². The van der Waals surface area contributed by atoms with Crippen LogP contribution in [0.25, 0.3) is 6.08 Å². The molecule has 0 bridgehead atoms. The number of rotatable bonds is 2. The molecule has 0 aromatic heterocycles. The molecular weight excluding hydrogens is 212 g/mol. The van der Waals surface area contributed by atoms with Crippen molar-refractivity contribution in [3.8, 4) is 0 Å². The molecule has 1 aliphatic heterocycles. The molecule has 0 amide bonds. The van der Waals surface area contributed by atoms with Gasteiger partial charge in [-0.1, -0.05) is 49.2 Å². The highest BCUT2D eigenvalue weighted by Gasteiger charge is 2.36. The zero-order chi connectivity index (χ0) is 11.5. The summed E-state index contributed by atoms with van der Waals surface area (Å²) in [5.74, 6) is 0. The second-order valence-corrected chi connectivity index (χ2v) is 4.77. The highest BCUT2D eigenvalue weighted by Crippen LogP contribution is 2.31. The van der Waals surface area contributed by atoms with Gasteiger partial charge in [0.15, 0.2) is 6.29 Å². The fourth-order valence-electron chi connectivity index (χ4n) is 2.60. The summed E-state index contributed by atoms with van der Waals surface area (Å²) in [7, 11) is 0. The normalized spacial score (nSPS) is 29.6. The molecule has 2 nitrogen and oxygen atoms in total. The summed E-state index contributed by atoms with van der Waals surface area (Å²) < 4.78 is 11.8. The molecule has 1 aromatic carbocycles. The summed E-state index contributed by atoms with van der Waals surface area (Å²) in [5, 5.41) is 0. The fraction of sp³-hybridized carbons (Fsp3) is 0.467. The largest absolute Gasteiger partial charge is 0.343 e. The Morgan fingerprint density at radius 3 is 2.24 bits per heavy atom.